The van der Waals surface area contributed by atoms with Crippen LogP contribution in [0, 0.1) is 0 Å². The minimum atomic E-state index is -0.637. The van der Waals surface area contributed by atoms with E-state index in [1.165, 1.54) is 0 Å². The topological polar surface area (TPSA) is 62.2 Å². The first-order valence-electron chi connectivity index (χ1n) is 8.62. The van der Waals surface area contributed by atoms with Crippen molar-refractivity contribution in [2.75, 3.05) is 32.9 Å². The standard InChI is InChI=1S/C20H27NO4/c1-2-24-19-8-10-20(11-9-19)25-16-18(23)15-21(12-13-22)14-17-6-4-3-5-7-17/h3-11,18,22-23H,2,12-16H2,1H3/t18-/m1/s1. The van der Waals surface area contributed by atoms with E-state index >= 15 is 0 Å². The van der Waals surface area contributed by atoms with Crippen molar-refractivity contribution in [3.63, 3.8) is 0 Å². The van der Waals surface area contributed by atoms with Crippen LogP contribution in [0.1, 0.15) is 12.5 Å². The monoisotopic (exact) mass is 345 g/mol. The van der Waals surface area contributed by atoms with Gasteiger partial charge in [0.2, 0.25) is 0 Å². The summed E-state index contributed by atoms with van der Waals surface area (Å²) in [7, 11) is 0. The van der Waals surface area contributed by atoms with Crippen LogP contribution in [0.15, 0.2) is 54.6 Å². The lowest BCUT2D eigenvalue weighted by Gasteiger charge is -2.24. The van der Waals surface area contributed by atoms with Gasteiger partial charge in [-0.25, -0.2) is 0 Å². The molecule has 0 unspecified atom stereocenters. The third-order valence-corrected chi connectivity index (χ3v) is 3.71. The van der Waals surface area contributed by atoms with Gasteiger partial charge in [0.15, 0.2) is 0 Å². The highest BCUT2D eigenvalue weighted by Gasteiger charge is 2.13. The number of hydrogen-bond donors (Lipinski definition) is 2. The molecule has 136 valence electrons. The Morgan fingerprint density at radius 1 is 0.960 bits per heavy atom. The van der Waals surface area contributed by atoms with E-state index in [-0.39, 0.29) is 13.2 Å². The molecule has 0 aliphatic rings. The third-order valence-electron chi connectivity index (χ3n) is 3.71. The van der Waals surface area contributed by atoms with Crippen LogP contribution < -0.4 is 9.47 Å². The van der Waals surface area contributed by atoms with Gasteiger partial charge in [0.25, 0.3) is 0 Å². The number of hydrogen-bond acceptors (Lipinski definition) is 5. The molecule has 0 spiro atoms. The first kappa shape index (κ1) is 19.2. The van der Waals surface area contributed by atoms with Crippen LogP contribution in [0.4, 0.5) is 0 Å². The molecule has 5 nitrogen and oxygen atoms in total. The van der Waals surface area contributed by atoms with Crippen molar-refractivity contribution in [1.29, 1.82) is 0 Å². The van der Waals surface area contributed by atoms with Crippen LogP contribution in [-0.4, -0.2) is 54.1 Å². The van der Waals surface area contributed by atoms with Gasteiger partial charge in [0.1, 0.15) is 24.2 Å². The second-order valence-electron chi connectivity index (χ2n) is 5.81. The molecule has 25 heavy (non-hydrogen) atoms. The molecule has 2 aromatic carbocycles. The van der Waals surface area contributed by atoms with E-state index in [0.717, 1.165) is 11.3 Å². The van der Waals surface area contributed by atoms with Crippen molar-refractivity contribution < 1.29 is 19.7 Å². The zero-order chi connectivity index (χ0) is 17.9. The molecule has 0 saturated heterocycles. The fourth-order valence-corrected chi connectivity index (χ4v) is 2.56. The number of aliphatic hydroxyl groups excluding tert-OH is 2. The smallest absolute Gasteiger partial charge is 0.119 e. The number of aliphatic hydroxyl groups is 2. The molecule has 2 rings (SSSR count). The minimum absolute atomic E-state index is 0.0549. The maximum Gasteiger partial charge on any atom is 0.119 e. The van der Waals surface area contributed by atoms with E-state index in [4.69, 9.17) is 9.47 Å². The molecule has 0 bridgehead atoms. The zero-order valence-electron chi connectivity index (χ0n) is 14.7. The fraction of sp³-hybridized carbons (Fsp3) is 0.400. The molecule has 2 aromatic rings. The summed E-state index contributed by atoms with van der Waals surface area (Å²) in [5.41, 5.74) is 1.15. The number of rotatable bonds is 11. The molecule has 2 N–H and O–H groups in total. The highest BCUT2D eigenvalue weighted by molar-refractivity contribution is 5.31. The molecule has 0 saturated carbocycles. The Hall–Kier alpha value is -2.08. The predicted molar refractivity (Wildman–Crippen MR) is 97.9 cm³/mol. The lowest BCUT2D eigenvalue weighted by atomic mass is 10.2. The largest absolute Gasteiger partial charge is 0.494 e. The van der Waals surface area contributed by atoms with E-state index in [1.54, 1.807) is 0 Å². The van der Waals surface area contributed by atoms with Crippen molar-refractivity contribution in [2.24, 2.45) is 0 Å². The summed E-state index contributed by atoms with van der Waals surface area (Å²) >= 11 is 0. The molecular formula is C20H27NO4. The maximum atomic E-state index is 10.3. The summed E-state index contributed by atoms with van der Waals surface area (Å²) in [5.74, 6) is 1.49. The molecule has 5 heteroatoms. The number of ether oxygens (including phenoxy) is 2. The van der Waals surface area contributed by atoms with Gasteiger partial charge in [0, 0.05) is 19.6 Å². The zero-order valence-corrected chi connectivity index (χ0v) is 14.7. The predicted octanol–water partition coefficient (Wildman–Crippen LogP) is 2.32. The minimum Gasteiger partial charge on any atom is -0.494 e. The van der Waals surface area contributed by atoms with Crippen molar-refractivity contribution in [1.82, 2.24) is 4.90 Å². The van der Waals surface area contributed by atoms with Crippen molar-refractivity contribution in [3.8, 4) is 11.5 Å². The molecule has 0 radical (unpaired) electrons. The van der Waals surface area contributed by atoms with E-state index < -0.39 is 6.10 Å². The highest BCUT2D eigenvalue weighted by Crippen LogP contribution is 2.17. The summed E-state index contributed by atoms with van der Waals surface area (Å²) in [6.45, 7) is 4.45. The molecule has 0 heterocycles. The van der Waals surface area contributed by atoms with Gasteiger partial charge in [-0.1, -0.05) is 30.3 Å². The van der Waals surface area contributed by atoms with Crippen LogP contribution >= 0.6 is 0 Å². The summed E-state index contributed by atoms with van der Waals surface area (Å²) in [4.78, 5) is 2.02. The Kier molecular flexibility index (Phi) is 8.25. The molecule has 0 aliphatic carbocycles. The molecular weight excluding hydrogens is 318 g/mol. The highest BCUT2D eigenvalue weighted by atomic mass is 16.5. The van der Waals surface area contributed by atoms with Crippen LogP contribution in [0.5, 0.6) is 11.5 Å². The Morgan fingerprint density at radius 2 is 1.60 bits per heavy atom. The van der Waals surface area contributed by atoms with Gasteiger partial charge in [-0.3, -0.25) is 4.90 Å². The SMILES string of the molecule is CCOc1ccc(OC[C@H](O)CN(CCO)Cc2ccccc2)cc1. The molecule has 0 aromatic heterocycles. The van der Waals surface area contributed by atoms with Crippen molar-refractivity contribution in [3.05, 3.63) is 60.2 Å². The quantitative estimate of drug-likeness (QED) is 0.654. The second-order valence-corrected chi connectivity index (χ2v) is 5.81. The van der Waals surface area contributed by atoms with Gasteiger partial charge in [-0.2, -0.15) is 0 Å². The van der Waals surface area contributed by atoms with Gasteiger partial charge < -0.3 is 19.7 Å². The molecule has 0 fully saturated rings. The average Bonchev–Trinajstić information content (AvgIpc) is 2.62. The second kappa shape index (κ2) is 10.7. The Labute approximate surface area is 149 Å². The van der Waals surface area contributed by atoms with Crippen LogP contribution in [0.2, 0.25) is 0 Å². The third kappa shape index (κ3) is 7.13. The fourth-order valence-electron chi connectivity index (χ4n) is 2.56. The number of benzene rings is 2. The van der Waals surface area contributed by atoms with Crippen LogP contribution in [0.3, 0.4) is 0 Å². The average molecular weight is 345 g/mol. The maximum absolute atomic E-state index is 10.3. The molecule has 0 amide bonds. The first-order chi connectivity index (χ1) is 12.2. The summed E-state index contributed by atoms with van der Waals surface area (Å²) in [6.07, 6.45) is -0.637. The Morgan fingerprint density at radius 3 is 2.20 bits per heavy atom. The first-order valence-corrected chi connectivity index (χ1v) is 8.62. The molecule has 0 aliphatic heterocycles. The molecule has 1 atom stereocenters. The van der Waals surface area contributed by atoms with Crippen molar-refractivity contribution >= 4 is 0 Å². The van der Waals surface area contributed by atoms with E-state index in [1.807, 2.05) is 66.4 Å². The lowest BCUT2D eigenvalue weighted by molar-refractivity contribution is 0.0590. The summed E-state index contributed by atoms with van der Waals surface area (Å²) in [5, 5.41) is 19.5. The lowest BCUT2D eigenvalue weighted by Crippen LogP contribution is -2.37. The van der Waals surface area contributed by atoms with Gasteiger partial charge in [-0.05, 0) is 36.8 Å². The normalized spacial score (nSPS) is 12.2. The Bertz CT molecular complexity index is 588. The van der Waals surface area contributed by atoms with Gasteiger partial charge >= 0.3 is 0 Å². The van der Waals surface area contributed by atoms with Gasteiger partial charge in [-0.15, -0.1) is 0 Å². The summed E-state index contributed by atoms with van der Waals surface area (Å²) < 4.78 is 11.0. The van der Waals surface area contributed by atoms with Crippen LogP contribution in [-0.2, 0) is 6.54 Å². The van der Waals surface area contributed by atoms with E-state index in [2.05, 4.69) is 0 Å². The van der Waals surface area contributed by atoms with Gasteiger partial charge in [0.05, 0.1) is 13.2 Å². The van der Waals surface area contributed by atoms with E-state index in [9.17, 15) is 10.2 Å². The van der Waals surface area contributed by atoms with Crippen LogP contribution in [0.25, 0.3) is 0 Å². The van der Waals surface area contributed by atoms with E-state index in [0.29, 0.717) is 32.0 Å². The van der Waals surface area contributed by atoms with Crippen molar-refractivity contribution in [2.45, 2.75) is 19.6 Å². The summed E-state index contributed by atoms with van der Waals surface area (Å²) in [6, 6.07) is 17.4. The Balaban J connectivity index is 1.80. The number of nitrogens with zero attached hydrogens (tertiary/aromatic N) is 1.